The molecule has 1 saturated carbocycles. The fourth-order valence-electron chi connectivity index (χ4n) is 2.90. The van der Waals surface area contributed by atoms with Crippen LogP contribution in [0.2, 0.25) is 0 Å². The summed E-state index contributed by atoms with van der Waals surface area (Å²) in [6, 6.07) is 0.0127. The van der Waals surface area contributed by atoms with Crippen molar-refractivity contribution < 1.29 is 4.79 Å². The Hall–Kier alpha value is -0.220. The Morgan fingerprint density at radius 2 is 2.00 bits per heavy atom. The monoisotopic (exact) mass is 256 g/mol. The highest BCUT2D eigenvalue weighted by molar-refractivity contribution is 7.99. The number of hydrogen-bond acceptors (Lipinski definition) is 3. The maximum atomic E-state index is 12.0. The zero-order valence-corrected chi connectivity index (χ0v) is 12.1. The smallest absolute Gasteiger partial charge is 0.238 e. The Morgan fingerprint density at radius 1 is 1.35 bits per heavy atom. The molecule has 1 aliphatic heterocycles. The molecule has 1 saturated heterocycles. The van der Waals surface area contributed by atoms with Gasteiger partial charge in [0.25, 0.3) is 0 Å². The Kier molecular flexibility index (Phi) is 3.47. The number of carbonyl (C=O) groups excluding carboxylic acids is 1. The van der Waals surface area contributed by atoms with Crippen molar-refractivity contribution in [3.05, 3.63) is 0 Å². The van der Waals surface area contributed by atoms with Crippen LogP contribution in [0.1, 0.15) is 27.7 Å². The lowest BCUT2D eigenvalue weighted by atomic mass is 10.0. The summed E-state index contributed by atoms with van der Waals surface area (Å²) in [6.07, 6.45) is 0. The van der Waals surface area contributed by atoms with Crippen LogP contribution in [0.15, 0.2) is 0 Å². The van der Waals surface area contributed by atoms with E-state index in [1.807, 2.05) is 11.8 Å². The van der Waals surface area contributed by atoms with Gasteiger partial charge in [-0.3, -0.25) is 4.79 Å². The van der Waals surface area contributed by atoms with E-state index in [9.17, 15) is 4.79 Å². The highest BCUT2D eigenvalue weighted by Crippen LogP contribution is 2.67. The molecular weight excluding hydrogens is 232 g/mol. The molecule has 98 valence electrons. The van der Waals surface area contributed by atoms with E-state index in [-0.39, 0.29) is 11.9 Å². The molecule has 0 aromatic carbocycles. The second-order valence-corrected chi connectivity index (χ2v) is 7.47. The third-order valence-electron chi connectivity index (χ3n) is 5.04. The number of nitrogens with one attached hydrogen (secondary N) is 2. The van der Waals surface area contributed by atoms with Crippen LogP contribution in [0.25, 0.3) is 0 Å². The van der Waals surface area contributed by atoms with Crippen molar-refractivity contribution in [3.63, 3.8) is 0 Å². The van der Waals surface area contributed by atoms with Crippen LogP contribution in [0.5, 0.6) is 0 Å². The summed E-state index contributed by atoms with van der Waals surface area (Å²) in [7, 11) is 0. The number of amides is 1. The average Bonchev–Trinajstić information content (AvgIpc) is 2.68. The molecule has 2 N–H and O–H groups in total. The predicted molar refractivity (Wildman–Crippen MR) is 73.2 cm³/mol. The molecule has 1 heterocycles. The molecule has 0 radical (unpaired) electrons. The van der Waals surface area contributed by atoms with E-state index in [1.165, 1.54) is 0 Å². The molecular formula is C13H24N2OS. The van der Waals surface area contributed by atoms with Gasteiger partial charge in [-0.05, 0) is 16.7 Å². The molecule has 1 amide bonds. The van der Waals surface area contributed by atoms with Crippen molar-refractivity contribution in [3.8, 4) is 0 Å². The van der Waals surface area contributed by atoms with Crippen LogP contribution in [-0.4, -0.2) is 36.5 Å². The molecule has 0 aromatic rings. The third kappa shape index (κ3) is 2.34. The van der Waals surface area contributed by atoms with Gasteiger partial charge in [0.2, 0.25) is 5.91 Å². The lowest BCUT2D eigenvalue weighted by Crippen LogP contribution is -2.49. The van der Waals surface area contributed by atoms with Gasteiger partial charge in [-0.2, -0.15) is 11.8 Å². The minimum absolute atomic E-state index is 0.0127. The number of hydrogen-bond donors (Lipinski definition) is 2. The minimum atomic E-state index is 0.0127. The van der Waals surface area contributed by atoms with Crippen LogP contribution in [-0.2, 0) is 4.79 Å². The van der Waals surface area contributed by atoms with Gasteiger partial charge in [-0.25, -0.2) is 0 Å². The van der Waals surface area contributed by atoms with Crippen molar-refractivity contribution in [2.75, 3.05) is 24.6 Å². The molecule has 2 fully saturated rings. The topological polar surface area (TPSA) is 41.1 Å². The van der Waals surface area contributed by atoms with E-state index in [0.717, 1.165) is 24.6 Å². The second-order valence-electron chi connectivity index (χ2n) is 6.32. The standard InChI is InChI=1S/C13H24N2OS/c1-12(2)10(13(12,3)4)7-15-11(16)9-8-17-6-5-14-9/h9-10,14H,5-8H2,1-4H3,(H,15,16). The highest BCUT2D eigenvalue weighted by Gasteiger charge is 2.64. The molecule has 3 nitrogen and oxygen atoms in total. The van der Waals surface area contributed by atoms with E-state index >= 15 is 0 Å². The van der Waals surface area contributed by atoms with Gasteiger partial charge >= 0.3 is 0 Å². The number of thioether (sulfide) groups is 1. The summed E-state index contributed by atoms with van der Waals surface area (Å²) in [5.41, 5.74) is 0.712. The van der Waals surface area contributed by atoms with Gasteiger partial charge in [0, 0.05) is 24.6 Å². The van der Waals surface area contributed by atoms with E-state index in [0.29, 0.717) is 16.7 Å². The van der Waals surface area contributed by atoms with Crippen LogP contribution in [0, 0.1) is 16.7 Å². The fourth-order valence-corrected chi connectivity index (χ4v) is 3.84. The van der Waals surface area contributed by atoms with Crippen molar-refractivity contribution >= 4 is 17.7 Å². The quantitative estimate of drug-likeness (QED) is 0.804. The summed E-state index contributed by atoms with van der Waals surface area (Å²) in [5.74, 6) is 2.81. The van der Waals surface area contributed by atoms with Gasteiger partial charge in [0.1, 0.15) is 0 Å². The minimum Gasteiger partial charge on any atom is -0.354 e. The van der Waals surface area contributed by atoms with E-state index in [2.05, 4.69) is 38.3 Å². The van der Waals surface area contributed by atoms with Gasteiger partial charge in [0.05, 0.1) is 6.04 Å². The summed E-state index contributed by atoms with van der Waals surface area (Å²) in [4.78, 5) is 12.0. The van der Waals surface area contributed by atoms with Gasteiger partial charge < -0.3 is 10.6 Å². The molecule has 0 bridgehead atoms. The molecule has 1 unspecified atom stereocenters. The van der Waals surface area contributed by atoms with E-state index < -0.39 is 0 Å². The lowest BCUT2D eigenvalue weighted by Gasteiger charge is -2.22. The first kappa shape index (κ1) is 13.2. The first-order valence-electron chi connectivity index (χ1n) is 6.46. The molecule has 0 aromatic heterocycles. The van der Waals surface area contributed by atoms with Crippen LogP contribution >= 0.6 is 11.8 Å². The van der Waals surface area contributed by atoms with Crippen LogP contribution < -0.4 is 10.6 Å². The zero-order chi connectivity index (χ0) is 12.7. The molecule has 0 spiro atoms. The lowest BCUT2D eigenvalue weighted by molar-refractivity contribution is -0.122. The Balaban J connectivity index is 1.78. The largest absolute Gasteiger partial charge is 0.354 e. The maximum Gasteiger partial charge on any atom is 0.238 e. The molecule has 2 rings (SSSR count). The summed E-state index contributed by atoms with van der Waals surface area (Å²) >= 11 is 1.86. The number of carbonyl (C=O) groups is 1. The highest BCUT2D eigenvalue weighted by atomic mass is 32.2. The Morgan fingerprint density at radius 3 is 2.47 bits per heavy atom. The summed E-state index contributed by atoms with van der Waals surface area (Å²) in [5, 5.41) is 6.38. The van der Waals surface area contributed by atoms with Gasteiger partial charge in [-0.1, -0.05) is 27.7 Å². The predicted octanol–water partition coefficient (Wildman–Crippen LogP) is 1.49. The first-order valence-corrected chi connectivity index (χ1v) is 7.61. The maximum absolute atomic E-state index is 12.0. The average molecular weight is 256 g/mol. The molecule has 4 heteroatoms. The summed E-state index contributed by atoms with van der Waals surface area (Å²) < 4.78 is 0. The SMILES string of the molecule is CC1(C)C(CNC(=O)C2CSCCN2)C1(C)C. The van der Waals surface area contributed by atoms with E-state index in [1.54, 1.807) is 0 Å². The van der Waals surface area contributed by atoms with Gasteiger partial charge in [0.15, 0.2) is 0 Å². The van der Waals surface area contributed by atoms with Crippen molar-refractivity contribution in [1.29, 1.82) is 0 Å². The zero-order valence-electron chi connectivity index (χ0n) is 11.3. The van der Waals surface area contributed by atoms with Crippen molar-refractivity contribution in [2.45, 2.75) is 33.7 Å². The van der Waals surface area contributed by atoms with Crippen molar-refractivity contribution in [2.24, 2.45) is 16.7 Å². The third-order valence-corrected chi connectivity index (χ3v) is 6.10. The van der Waals surface area contributed by atoms with Gasteiger partial charge in [-0.15, -0.1) is 0 Å². The fraction of sp³-hybridized carbons (Fsp3) is 0.923. The van der Waals surface area contributed by atoms with Crippen LogP contribution in [0.4, 0.5) is 0 Å². The Bertz CT molecular complexity index is 295. The molecule has 1 atom stereocenters. The number of rotatable bonds is 3. The normalized spacial score (nSPS) is 30.9. The summed E-state index contributed by atoms with van der Waals surface area (Å²) in [6.45, 7) is 10.9. The first-order chi connectivity index (χ1) is 7.87. The second kappa shape index (κ2) is 4.47. The van der Waals surface area contributed by atoms with Crippen molar-refractivity contribution in [1.82, 2.24) is 10.6 Å². The Labute approximate surface area is 108 Å². The van der Waals surface area contributed by atoms with Crippen LogP contribution in [0.3, 0.4) is 0 Å². The molecule has 1 aliphatic carbocycles. The molecule has 17 heavy (non-hydrogen) atoms. The van der Waals surface area contributed by atoms with E-state index in [4.69, 9.17) is 0 Å². The molecule has 2 aliphatic rings.